The zero-order valence-corrected chi connectivity index (χ0v) is 8.60. The molecule has 0 bridgehead atoms. The van der Waals surface area contributed by atoms with Gasteiger partial charge in [-0.05, 0) is 25.3 Å². The summed E-state index contributed by atoms with van der Waals surface area (Å²) < 4.78 is 5.29. The first-order valence-corrected chi connectivity index (χ1v) is 5.21. The number of thioether (sulfide) groups is 1. The van der Waals surface area contributed by atoms with Crippen LogP contribution in [-0.2, 0) is 0 Å². The molecule has 1 aromatic heterocycles. The first-order chi connectivity index (χ1) is 6.31. The molecule has 70 valence electrons. The molecule has 0 saturated carbocycles. The molecule has 0 amide bonds. The lowest BCUT2D eigenvalue weighted by Crippen LogP contribution is -2.18. The third kappa shape index (κ3) is 2.42. The van der Waals surface area contributed by atoms with E-state index in [4.69, 9.17) is 10.2 Å². The standard InChI is InChI=1S/C10H13NOS/c1-3-8-4-5-12-10(8)6-9(7-11)13-2/h3-7H,11H2,1-2H3/b8-3-,9-7+,10-6+. The summed E-state index contributed by atoms with van der Waals surface area (Å²) in [5, 5.41) is 1.09. The van der Waals surface area contributed by atoms with E-state index in [1.807, 2.05) is 31.4 Å². The van der Waals surface area contributed by atoms with E-state index in [-0.39, 0.29) is 0 Å². The normalized spacial score (nSPS) is 15.4. The Hall–Kier alpha value is -1.09. The van der Waals surface area contributed by atoms with Gasteiger partial charge in [-0.3, -0.25) is 0 Å². The fourth-order valence-electron chi connectivity index (χ4n) is 0.991. The maximum Gasteiger partial charge on any atom is 0.134 e. The fraction of sp³-hybridized carbons (Fsp3) is 0.200. The highest BCUT2D eigenvalue weighted by Crippen LogP contribution is 2.09. The van der Waals surface area contributed by atoms with Crippen molar-refractivity contribution in [3.05, 3.63) is 34.1 Å². The SMILES string of the molecule is C/C=c1/cco/c1=C/C(=C\N)SC. The van der Waals surface area contributed by atoms with Gasteiger partial charge in [0.15, 0.2) is 0 Å². The molecule has 0 spiro atoms. The van der Waals surface area contributed by atoms with Gasteiger partial charge < -0.3 is 10.2 Å². The quantitative estimate of drug-likeness (QED) is 0.766. The zero-order chi connectivity index (χ0) is 9.68. The van der Waals surface area contributed by atoms with Crippen molar-refractivity contribution in [2.24, 2.45) is 5.73 Å². The van der Waals surface area contributed by atoms with Crippen molar-refractivity contribution < 1.29 is 4.42 Å². The summed E-state index contributed by atoms with van der Waals surface area (Å²) in [6.07, 6.45) is 9.17. The summed E-state index contributed by atoms with van der Waals surface area (Å²) >= 11 is 1.59. The highest BCUT2D eigenvalue weighted by molar-refractivity contribution is 8.02. The molecule has 1 aromatic rings. The highest BCUT2D eigenvalue weighted by Gasteiger charge is 1.91. The molecule has 1 rings (SSSR count). The van der Waals surface area contributed by atoms with E-state index in [1.54, 1.807) is 24.2 Å². The van der Waals surface area contributed by atoms with Crippen molar-refractivity contribution in [3.8, 4) is 0 Å². The van der Waals surface area contributed by atoms with Crippen molar-refractivity contribution in [1.29, 1.82) is 0 Å². The van der Waals surface area contributed by atoms with Gasteiger partial charge in [-0.2, -0.15) is 0 Å². The summed E-state index contributed by atoms with van der Waals surface area (Å²) in [6.45, 7) is 1.98. The fourth-order valence-corrected chi connectivity index (χ4v) is 1.35. The molecule has 2 nitrogen and oxygen atoms in total. The second-order valence-corrected chi connectivity index (χ2v) is 3.33. The van der Waals surface area contributed by atoms with Gasteiger partial charge in [0.2, 0.25) is 0 Å². The van der Waals surface area contributed by atoms with Crippen molar-refractivity contribution in [2.45, 2.75) is 6.92 Å². The highest BCUT2D eigenvalue weighted by atomic mass is 32.2. The van der Waals surface area contributed by atoms with Crippen molar-refractivity contribution in [3.63, 3.8) is 0 Å². The van der Waals surface area contributed by atoms with Crippen molar-refractivity contribution in [1.82, 2.24) is 0 Å². The van der Waals surface area contributed by atoms with Crippen molar-refractivity contribution in [2.75, 3.05) is 6.26 Å². The minimum Gasteiger partial charge on any atom is -0.464 e. The Morgan fingerprint density at radius 3 is 2.92 bits per heavy atom. The number of rotatable bonds is 2. The molecule has 0 aliphatic rings. The molecular weight excluding hydrogens is 182 g/mol. The summed E-state index contributed by atoms with van der Waals surface area (Å²) in [4.78, 5) is 0.998. The number of furan rings is 1. The molecule has 0 aliphatic carbocycles. The molecular formula is C10H13NOS. The number of hydrogen-bond acceptors (Lipinski definition) is 3. The molecule has 13 heavy (non-hydrogen) atoms. The van der Waals surface area contributed by atoms with Crippen LogP contribution >= 0.6 is 11.8 Å². The van der Waals surface area contributed by atoms with Crippen LogP contribution in [0.3, 0.4) is 0 Å². The minimum absolute atomic E-state index is 0.855. The molecule has 0 aliphatic heterocycles. The van der Waals surface area contributed by atoms with Crippen LogP contribution in [0.4, 0.5) is 0 Å². The Labute approximate surface area is 81.8 Å². The van der Waals surface area contributed by atoms with Gasteiger partial charge >= 0.3 is 0 Å². The van der Waals surface area contributed by atoms with Gasteiger partial charge in [0.05, 0.1) is 6.26 Å². The first-order valence-electron chi connectivity index (χ1n) is 3.99. The van der Waals surface area contributed by atoms with Crippen LogP contribution in [0.25, 0.3) is 12.2 Å². The van der Waals surface area contributed by atoms with E-state index in [1.165, 1.54) is 0 Å². The maximum absolute atomic E-state index is 5.43. The van der Waals surface area contributed by atoms with E-state index in [9.17, 15) is 0 Å². The monoisotopic (exact) mass is 195 g/mol. The molecule has 3 heteroatoms. The predicted octanol–water partition coefficient (Wildman–Crippen LogP) is 1.02. The Bertz CT molecular complexity index is 403. The average Bonchev–Trinajstić information content (AvgIpc) is 2.61. The molecule has 0 aromatic carbocycles. The maximum atomic E-state index is 5.43. The Morgan fingerprint density at radius 2 is 2.38 bits per heavy atom. The van der Waals surface area contributed by atoms with Gasteiger partial charge in [-0.25, -0.2) is 0 Å². The van der Waals surface area contributed by atoms with Crippen LogP contribution in [0.1, 0.15) is 6.92 Å². The topological polar surface area (TPSA) is 39.2 Å². The lowest BCUT2D eigenvalue weighted by molar-refractivity contribution is 0.531. The lowest BCUT2D eigenvalue weighted by atomic mass is 10.4. The smallest absolute Gasteiger partial charge is 0.134 e. The Balaban J connectivity index is 3.21. The van der Waals surface area contributed by atoms with Gasteiger partial charge in [0.1, 0.15) is 5.42 Å². The number of allylic oxidation sites excluding steroid dienone is 1. The summed E-state index contributed by atoms with van der Waals surface area (Å²) in [7, 11) is 0. The van der Waals surface area contributed by atoms with Gasteiger partial charge in [-0.15, -0.1) is 11.8 Å². The third-order valence-corrected chi connectivity index (χ3v) is 2.44. The predicted molar refractivity (Wildman–Crippen MR) is 58.3 cm³/mol. The Kier molecular flexibility index (Phi) is 3.71. The van der Waals surface area contributed by atoms with Gasteiger partial charge in [-0.1, -0.05) is 6.08 Å². The molecule has 2 N–H and O–H groups in total. The van der Waals surface area contributed by atoms with Gasteiger partial charge in [0.25, 0.3) is 0 Å². The molecule has 0 saturated heterocycles. The Morgan fingerprint density at radius 1 is 1.62 bits per heavy atom. The molecule has 0 unspecified atom stereocenters. The third-order valence-electron chi connectivity index (χ3n) is 1.71. The molecule has 0 atom stereocenters. The van der Waals surface area contributed by atoms with E-state index >= 15 is 0 Å². The summed E-state index contributed by atoms with van der Waals surface area (Å²) in [5.74, 6) is 0. The van der Waals surface area contributed by atoms with Gasteiger partial charge in [0, 0.05) is 16.3 Å². The average molecular weight is 195 g/mol. The number of hydrogen-bond donors (Lipinski definition) is 1. The van der Waals surface area contributed by atoms with E-state index in [0.29, 0.717) is 0 Å². The minimum atomic E-state index is 0.855. The largest absolute Gasteiger partial charge is 0.464 e. The van der Waals surface area contributed by atoms with E-state index in [0.717, 1.165) is 15.5 Å². The lowest BCUT2D eigenvalue weighted by Gasteiger charge is -1.90. The zero-order valence-electron chi connectivity index (χ0n) is 7.78. The van der Waals surface area contributed by atoms with Crippen LogP contribution < -0.4 is 16.4 Å². The van der Waals surface area contributed by atoms with Crippen LogP contribution in [0, 0.1) is 0 Å². The van der Waals surface area contributed by atoms with E-state index in [2.05, 4.69) is 0 Å². The molecule has 0 radical (unpaired) electrons. The van der Waals surface area contributed by atoms with Crippen LogP contribution in [0.5, 0.6) is 0 Å². The first kappa shape index (κ1) is 9.99. The van der Waals surface area contributed by atoms with Crippen LogP contribution in [0.2, 0.25) is 0 Å². The van der Waals surface area contributed by atoms with Crippen LogP contribution in [-0.4, -0.2) is 6.26 Å². The summed E-state index contributed by atoms with van der Waals surface area (Å²) in [6, 6.07) is 1.93. The molecule has 0 fully saturated rings. The second kappa shape index (κ2) is 4.82. The van der Waals surface area contributed by atoms with E-state index < -0.39 is 0 Å². The van der Waals surface area contributed by atoms with Crippen LogP contribution in [0.15, 0.2) is 27.9 Å². The van der Waals surface area contributed by atoms with Crippen molar-refractivity contribution >= 4 is 23.9 Å². The molecule has 1 heterocycles. The summed E-state index contributed by atoms with van der Waals surface area (Å²) in [5.41, 5.74) is 6.28. The second-order valence-electron chi connectivity index (χ2n) is 2.45. The number of nitrogens with two attached hydrogens (primary N) is 1.